The van der Waals surface area contributed by atoms with Gasteiger partial charge in [-0.25, -0.2) is 0 Å². The molecule has 0 aromatic rings. The molecule has 11 heavy (non-hydrogen) atoms. The molecule has 0 aromatic carbocycles. The van der Waals surface area contributed by atoms with Crippen LogP contribution in [0.2, 0.25) is 0 Å². The van der Waals surface area contributed by atoms with Crippen LogP contribution in [-0.4, -0.2) is 40.9 Å². The van der Waals surface area contributed by atoms with E-state index in [-0.39, 0.29) is 0 Å². The number of halogens is 1. The van der Waals surface area contributed by atoms with Crippen LogP contribution in [0.15, 0.2) is 0 Å². The summed E-state index contributed by atoms with van der Waals surface area (Å²) in [6.45, 7) is 2.15. The van der Waals surface area contributed by atoms with Gasteiger partial charge in [0.2, 0.25) is 0 Å². The van der Waals surface area contributed by atoms with E-state index in [4.69, 9.17) is 4.74 Å². The molecule has 0 aromatic heterocycles. The van der Waals surface area contributed by atoms with E-state index >= 15 is 0 Å². The molecule has 0 bridgehead atoms. The average Bonchev–Trinajstić information content (AvgIpc) is 2.05. The van der Waals surface area contributed by atoms with Crippen LogP contribution in [0.3, 0.4) is 0 Å². The number of rotatable bonds is 1. The number of hydrogen-bond acceptors (Lipinski definition) is 3. The lowest BCUT2D eigenvalue weighted by Crippen LogP contribution is -2.42. The van der Waals surface area contributed by atoms with Crippen molar-refractivity contribution in [1.82, 2.24) is 4.90 Å². The predicted octanol–water partition coefficient (Wildman–Crippen LogP) is -0.193. The Morgan fingerprint density at radius 3 is 2.27 bits per heavy atom. The summed E-state index contributed by atoms with van der Waals surface area (Å²) in [6.07, 6.45) is 0. The van der Waals surface area contributed by atoms with Crippen LogP contribution < -0.4 is 0 Å². The Morgan fingerprint density at radius 1 is 1.27 bits per heavy atom. The second kappa shape index (κ2) is 4.01. The van der Waals surface area contributed by atoms with Crippen molar-refractivity contribution in [2.45, 2.75) is 0 Å². The molecule has 0 spiro atoms. The molecule has 0 aliphatic carbocycles. The molecule has 1 aliphatic heterocycles. The van der Waals surface area contributed by atoms with Crippen molar-refractivity contribution in [3.63, 3.8) is 0 Å². The lowest BCUT2D eigenvalue weighted by Gasteiger charge is -2.25. The van der Waals surface area contributed by atoms with Gasteiger partial charge in [-0.15, -0.1) is 0 Å². The third-order valence-corrected chi connectivity index (χ3v) is 1.93. The summed E-state index contributed by atoms with van der Waals surface area (Å²) in [6, 6.07) is 0. The van der Waals surface area contributed by atoms with E-state index in [2.05, 4.69) is 0 Å². The van der Waals surface area contributed by atoms with Crippen molar-refractivity contribution in [2.75, 3.05) is 26.3 Å². The molecule has 1 saturated heterocycles. The third-order valence-electron chi connectivity index (χ3n) is 1.47. The van der Waals surface area contributed by atoms with Gasteiger partial charge in [0.1, 0.15) is 0 Å². The number of nitrogens with zero attached hydrogens (tertiary/aromatic N) is 1. The zero-order valence-corrected chi connectivity index (χ0v) is 8.04. The molecule has 1 heterocycles. The van der Waals surface area contributed by atoms with Gasteiger partial charge < -0.3 is 9.64 Å². The van der Waals surface area contributed by atoms with Crippen molar-refractivity contribution < 1.29 is 14.3 Å². The molecule has 4 nitrogen and oxygen atoms in total. The standard InChI is InChI=1S/C6H8INO3/c7-5(9)6(10)8-1-3-11-4-2-8/h1-4H2. The maximum absolute atomic E-state index is 11.0. The maximum atomic E-state index is 11.0. The van der Waals surface area contributed by atoms with Gasteiger partial charge in [0.25, 0.3) is 3.79 Å². The van der Waals surface area contributed by atoms with Gasteiger partial charge in [-0.3, -0.25) is 9.59 Å². The van der Waals surface area contributed by atoms with Gasteiger partial charge in [0.05, 0.1) is 13.2 Å². The van der Waals surface area contributed by atoms with E-state index in [1.54, 1.807) is 0 Å². The Labute approximate surface area is 78.0 Å². The molecular formula is C6H8INO3. The monoisotopic (exact) mass is 269 g/mol. The zero-order chi connectivity index (χ0) is 8.27. The quantitative estimate of drug-likeness (QED) is 0.376. The molecule has 1 amide bonds. The predicted molar refractivity (Wildman–Crippen MR) is 46.4 cm³/mol. The van der Waals surface area contributed by atoms with E-state index in [1.165, 1.54) is 27.5 Å². The minimum absolute atomic E-state index is 0.408. The first-order valence-corrected chi connectivity index (χ1v) is 4.36. The third kappa shape index (κ3) is 2.41. The van der Waals surface area contributed by atoms with Gasteiger partial charge >= 0.3 is 5.91 Å². The molecule has 0 radical (unpaired) electrons. The first-order valence-electron chi connectivity index (χ1n) is 3.28. The second-order valence-corrected chi connectivity index (χ2v) is 3.16. The first kappa shape index (κ1) is 8.92. The summed E-state index contributed by atoms with van der Waals surface area (Å²) in [5, 5.41) is 0. The second-order valence-electron chi connectivity index (χ2n) is 2.18. The minimum atomic E-state index is -0.426. The minimum Gasteiger partial charge on any atom is -0.378 e. The Hall–Kier alpha value is -0.170. The summed E-state index contributed by atoms with van der Waals surface area (Å²) >= 11 is 1.50. The number of hydrogen-bond donors (Lipinski definition) is 0. The molecule has 62 valence electrons. The molecular weight excluding hydrogens is 261 g/mol. The van der Waals surface area contributed by atoms with Crippen LogP contribution in [0.1, 0.15) is 0 Å². The molecule has 0 unspecified atom stereocenters. The number of amides is 1. The van der Waals surface area contributed by atoms with E-state index < -0.39 is 9.70 Å². The Bertz CT molecular complexity index is 177. The van der Waals surface area contributed by atoms with Crippen molar-refractivity contribution in [3.8, 4) is 0 Å². The fourth-order valence-corrected chi connectivity index (χ4v) is 1.23. The number of carbonyl (C=O) groups excluding carboxylic acids is 2. The fourth-order valence-electron chi connectivity index (χ4n) is 0.891. The van der Waals surface area contributed by atoms with Crippen LogP contribution in [-0.2, 0) is 14.3 Å². The van der Waals surface area contributed by atoms with Gasteiger partial charge in [0.15, 0.2) is 0 Å². The average molecular weight is 269 g/mol. The highest BCUT2D eigenvalue weighted by Gasteiger charge is 2.20. The lowest BCUT2D eigenvalue weighted by molar-refractivity contribution is -0.142. The summed E-state index contributed by atoms with van der Waals surface area (Å²) in [4.78, 5) is 23.1. The van der Waals surface area contributed by atoms with E-state index in [0.29, 0.717) is 26.3 Å². The van der Waals surface area contributed by atoms with Gasteiger partial charge in [0, 0.05) is 35.7 Å². The summed E-state index contributed by atoms with van der Waals surface area (Å²) in [7, 11) is 0. The molecule has 1 fully saturated rings. The SMILES string of the molecule is O=C(I)C(=O)N1CCOCC1. The topological polar surface area (TPSA) is 46.6 Å². The van der Waals surface area contributed by atoms with Crippen LogP contribution >= 0.6 is 22.6 Å². The molecule has 1 rings (SSSR count). The number of ether oxygens (including phenoxy) is 1. The Morgan fingerprint density at radius 2 is 1.82 bits per heavy atom. The van der Waals surface area contributed by atoms with Crippen LogP contribution in [0.25, 0.3) is 0 Å². The normalized spacial score (nSPS) is 18.1. The molecule has 5 heteroatoms. The van der Waals surface area contributed by atoms with Crippen LogP contribution in [0, 0.1) is 0 Å². The fraction of sp³-hybridized carbons (Fsp3) is 0.667. The van der Waals surface area contributed by atoms with Crippen molar-refractivity contribution in [2.24, 2.45) is 0 Å². The molecule has 1 aliphatic rings. The van der Waals surface area contributed by atoms with Gasteiger partial charge in [-0.2, -0.15) is 0 Å². The van der Waals surface area contributed by atoms with E-state index in [0.717, 1.165) is 0 Å². The van der Waals surface area contributed by atoms with Gasteiger partial charge in [-0.1, -0.05) is 0 Å². The summed E-state index contributed by atoms with van der Waals surface area (Å²) in [5.41, 5.74) is 0. The highest BCUT2D eigenvalue weighted by atomic mass is 127. The highest BCUT2D eigenvalue weighted by Crippen LogP contribution is 2.00. The maximum Gasteiger partial charge on any atom is 0.300 e. The van der Waals surface area contributed by atoms with Crippen molar-refractivity contribution in [1.29, 1.82) is 0 Å². The molecule has 0 N–H and O–H groups in total. The highest BCUT2D eigenvalue weighted by molar-refractivity contribution is 14.1. The Kier molecular flexibility index (Phi) is 3.25. The molecule has 0 saturated carbocycles. The van der Waals surface area contributed by atoms with E-state index in [1.807, 2.05) is 0 Å². The lowest BCUT2D eigenvalue weighted by atomic mass is 10.4. The number of morpholine rings is 1. The zero-order valence-electron chi connectivity index (χ0n) is 5.88. The largest absolute Gasteiger partial charge is 0.378 e. The smallest absolute Gasteiger partial charge is 0.300 e. The Balaban J connectivity index is 2.45. The van der Waals surface area contributed by atoms with Gasteiger partial charge in [-0.05, 0) is 0 Å². The van der Waals surface area contributed by atoms with Crippen LogP contribution in [0.4, 0.5) is 0 Å². The first-order chi connectivity index (χ1) is 5.22. The number of carbonyl (C=O) groups is 2. The summed E-state index contributed by atoms with van der Waals surface area (Å²) in [5.74, 6) is -0.408. The van der Waals surface area contributed by atoms with Crippen molar-refractivity contribution >= 4 is 32.3 Å². The summed E-state index contributed by atoms with van der Waals surface area (Å²) < 4.78 is 4.60. The van der Waals surface area contributed by atoms with Crippen LogP contribution in [0.5, 0.6) is 0 Å². The molecule has 0 atom stereocenters. The van der Waals surface area contributed by atoms with Crippen molar-refractivity contribution in [3.05, 3.63) is 0 Å². The van der Waals surface area contributed by atoms with E-state index in [9.17, 15) is 9.59 Å².